The SMILES string of the molecule is CC1CCC2(CC1)NC(=O)N(CCCCCl)C2=O. The van der Waals surface area contributed by atoms with Gasteiger partial charge in [0.15, 0.2) is 0 Å². The molecule has 3 amide bonds. The van der Waals surface area contributed by atoms with E-state index in [0.29, 0.717) is 18.3 Å². The molecule has 0 aromatic carbocycles. The lowest BCUT2D eigenvalue weighted by atomic mass is 9.77. The summed E-state index contributed by atoms with van der Waals surface area (Å²) in [7, 11) is 0. The zero-order valence-corrected chi connectivity index (χ0v) is 11.6. The number of halogens is 1. The average Bonchev–Trinajstić information content (AvgIpc) is 2.58. The van der Waals surface area contributed by atoms with Gasteiger partial charge in [-0.1, -0.05) is 6.92 Å². The fraction of sp³-hybridized carbons (Fsp3) is 0.846. The molecular formula is C13H21ClN2O2. The molecule has 1 heterocycles. The molecule has 0 unspecified atom stereocenters. The van der Waals surface area contributed by atoms with Crippen LogP contribution in [0.4, 0.5) is 4.79 Å². The summed E-state index contributed by atoms with van der Waals surface area (Å²) in [6, 6.07) is -0.218. The first kappa shape index (κ1) is 13.7. The molecule has 1 saturated carbocycles. The molecule has 0 atom stereocenters. The number of unbranched alkanes of at least 4 members (excludes halogenated alkanes) is 1. The van der Waals surface area contributed by atoms with Crippen molar-refractivity contribution in [3.05, 3.63) is 0 Å². The Morgan fingerprint density at radius 2 is 2.00 bits per heavy atom. The van der Waals surface area contributed by atoms with Gasteiger partial charge < -0.3 is 5.32 Å². The normalized spacial score (nSPS) is 32.1. The fourth-order valence-electron chi connectivity index (χ4n) is 2.84. The minimum atomic E-state index is -0.593. The van der Waals surface area contributed by atoms with Crippen molar-refractivity contribution < 1.29 is 9.59 Å². The Morgan fingerprint density at radius 1 is 1.33 bits per heavy atom. The molecule has 0 aromatic rings. The van der Waals surface area contributed by atoms with Crippen LogP contribution in [-0.4, -0.2) is 34.8 Å². The van der Waals surface area contributed by atoms with Gasteiger partial charge in [0.2, 0.25) is 0 Å². The maximum Gasteiger partial charge on any atom is 0.325 e. The van der Waals surface area contributed by atoms with E-state index in [-0.39, 0.29) is 11.9 Å². The first-order chi connectivity index (χ1) is 8.59. The lowest BCUT2D eigenvalue weighted by Crippen LogP contribution is -2.49. The van der Waals surface area contributed by atoms with Gasteiger partial charge in [0.25, 0.3) is 5.91 Å². The molecule has 1 spiro atoms. The summed E-state index contributed by atoms with van der Waals surface area (Å²) >= 11 is 5.61. The molecular weight excluding hydrogens is 252 g/mol. The molecule has 4 nitrogen and oxygen atoms in total. The highest BCUT2D eigenvalue weighted by Crippen LogP contribution is 2.36. The van der Waals surface area contributed by atoms with E-state index in [1.807, 2.05) is 0 Å². The van der Waals surface area contributed by atoms with Crippen LogP contribution in [-0.2, 0) is 4.79 Å². The number of hydrogen-bond donors (Lipinski definition) is 1. The molecule has 0 radical (unpaired) electrons. The van der Waals surface area contributed by atoms with Crippen molar-refractivity contribution in [2.24, 2.45) is 5.92 Å². The Bertz CT molecular complexity index is 338. The molecule has 0 aromatic heterocycles. The molecule has 5 heteroatoms. The van der Waals surface area contributed by atoms with Crippen LogP contribution >= 0.6 is 11.6 Å². The van der Waals surface area contributed by atoms with E-state index in [1.165, 1.54) is 4.90 Å². The van der Waals surface area contributed by atoms with Crippen LogP contribution in [0.1, 0.15) is 45.4 Å². The molecule has 2 fully saturated rings. The van der Waals surface area contributed by atoms with Gasteiger partial charge in [0.05, 0.1) is 0 Å². The predicted octanol–water partition coefficient (Wildman–Crippen LogP) is 2.51. The second-order valence-electron chi connectivity index (χ2n) is 5.55. The number of urea groups is 1. The van der Waals surface area contributed by atoms with E-state index in [2.05, 4.69) is 12.2 Å². The highest BCUT2D eigenvalue weighted by molar-refractivity contribution is 6.17. The van der Waals surface area contributed by atoms with Gasteiger partial charge in [-0.25, -0.2) is 4.79 Å². The molecule has 1 saturated heterocycles. The second-order valence-corrected chi connectivity index (χ2v) is 5.93. The number of carbonyl (C=O) groups excluding carboxylic acids is 2. The summed E-state index contributed by atoms with van der Waals surface area (Å²) in [6.45, 7) is 2.70. The van der Waals surface area contributed by atoms with Crippen molar-refractivity contribution in [3.8, 4) is 0 Å². The maximum absolute atomic E-state index is 12.4. The van der Waals surface area contributed by atoms with Gasteiger partial charge in [0, 0.05) is 12.4 Å². The van der Waals surface area contributed by atoms with Crippen LogP contribution in [0.3, 0.4) is 0 Å². The van der Waals surface area contributed by atoms with Gasteiger partial charge in [-0.05, 0) is 44.4 Å². The van der Waals surface area contributed by atoms with Crippen molar-refractivity contribution in [1.29, 1.82) is 0 Å². The number of carbonyl (C=O) groups is 2. The van der Waals surface area contributed by atoms with Crippen molar-refractivity contribution >= 4 is 23.5 Å². The van der Waals surface area contributed by atoms with E-state index < -0.39 is 5.54 Å². The minimum Gasteiger partial charge on any atom is -0.323 e. The third-order valence-corrected chi connectivity index (χ3v) is 4.41. The topological polar surface area (TPSA) is 49.4 Å². The molecule has 102 valence electrons. The Morgan fingerprint density at radius 3 is 2.61 bits per heavy atom. The Labute approximate surface area is 113 Å². The largest absolute Gasteiger partial charge is 0.325 e. The number of nitrogens with zero attached hydrogens (tertiary/aromatic N) is 1. The molecule has 2 rings (SSSR count). The van der Waals surface area contributed by atoms with Crippen LogP contribution in [0.2, 0.25) is 0 Å². The Kier molecular flexibility index (Phi) is 4.15. The van der Waals surface area contributed by atoms with Crippen LogP contribution in [0.5, 0.6) is 0 Å². The van der Waals surface area contributed by atoms with Gasteiger partial charge in [-0.15, -0.1) is 11.6 Å². The van der Waals surface area contributed by atoms with Gasteiger partial charge in [-0.3, -0.25) is 9.69 Å². The number of imide groups is 1. The monoisotopic (exact) mass is 272 g/mol. The van der Waals surface area contributed by atoms with Gasteiger partial charge >= 0.3 is 6.03 Å². The smallest absolute Gasteiger partial charge is 0.323 e. The first-order valence-corrected chi connectivity index (χ1v) is 7.32. The van der Waals surface area contributed by atoms with E-state index >= 15 is 0 Å². The van der Waals surface area contributed by atoms with Crippen molar-refractivity contribution in [2.75, 3.05) is 12.4 Å². The fourth-order valence-corrected chi connectivity index (χ4v) is 3.03. The molecule has 1 aliphatic heterocycles. The average molecular weight is 273 g/mol. The van der Waals surface area contributed by atoms with Crippen molar-refractivity contribution in [2.45, 2.75) is 51.0 Å². The van der Waals surface area contributed by atoms with Crippen LogP contribution in [0.25, 0.3) is 0 Å². The lowest BCUT2D eigenvalue weighted by molar-refractivity contribution is -0.132. The number of hydrogen-bond acceptors (Lipinski definition) is 2. The zero-order chi connectivity index (χ0) is 13.2. The Balaban J connectivity index is 1.99. The molecule has 18 heavy (non-hydrogen) atoms. The number of alkyl halides is 1. The van der Waals surface area contributed by atoms with Crippen LogP contribution < -0.4 is 5.32 Å². The molecule has 1 aliphatic carbocycles. The van der Waals surface area contributed by atoms with Gasteiger partial charge in [0.1, 0.15) is 5.54 Å². The van der Waals surface area contributed by atoms with Crippen molar-refractivity contribution in [1.82, 2.24) is 10.2 Å². The summed E-state index contributed by atoms with van der Waals surface area (Å²) in [5.74, 6) is 1.21. The van der Waals surface area contributed by atoms with Crippen molar-refractivity contribution in [3.63, 3.8) is 0 Å². The third-order valence-electron chi connectivity index (χ3n) is 4.14. The minimum absolute atomic E-state index is 0.0195. The molecule has 0 bridgehead atoms. The summed E-state index contributed by atoms with van der Waals surface area (Å²) in [5.41, 5.74) is -0.593. The number of rotatable bonds is 4. The summed E-state index contributed by atoms with van der Waals surface area (Å²) in [4.78, 5) is 25.7. The first-order valence-electron chi connectivity index (χ1n) is 6.79. The van der Waals surface area contributed by atoms with Crippen LogP contribution in [0.15, 0.2) is 0 Å². The Hall–Kier alpha value is -0.770. The lowest BCUT2D eigenvalue weighted by Gasteiger charge is -2.33. The van der Waals surface area contributed by atoms with E-state index in [0.717, 1.165) is 38.5 Å². The van der Waals surface area contributed by atoms with Crippen LogP contribution in [0, 0.1) is 5.92 Å². The van der Waals surface area contributed by atoms with E-state index in [9.17, 15) is 9.59 Å². The zero-order valence-electron chi connectivity index (χ0n) is 10.9. The predicted molar refractivity (Wildman–Crippen MR) is 70.6 cm³/mol. The summed E-state index contributed by atoms with van der Waals surface area (Å²) < 4.78 is 0. The van der Waals surface area contributed by atoms with E-state index in [4.69, 9.17) is 11.6 Å². The standard InChI is InChI=1S/C13H21ClN2O2/c1-10-4-6-13(7-5-10)11(17)16(12(18)15-13)9-3-2-8-14/h10H,2-9H2,1H3,(H,15,18). The van der Waals surface area contributed by atoms with Gasteiger partial charge in [-0.2, -0.15) is 0 Å². The molecule has 2 aliphatic rings. The number of amides is 3. The quantitative estimate of drug-likeness (QED) is 0.486. The molecule has 1 N–H and O–H groups in total. The number of nitrogens with one attached hydrogen (secondary N) is 1. The highest BCUT2D eigenvalue weighted by atomic mass is 35.5. The summed E-state index contributed by atoms with van der Waals surface area (Å²) in [6.07, 6.45) is 5.22. The highest BCUT2D eigenvalue weighted by Gasteiger charge is 2.51. The van der Waals surface area contributed by atoms with E-state index in [1.54, 1.807) is 0 Å². The third kappa shape index (κ3) is 2.48. The summed E-state index contributed by atoms with van der Waals surface area (Å²) in [5, 5.41) is 2.92. The second kappa shape index (κ2) is 5.47. The maximum atomic E-state index is 12.4.